The highest BCUT2D eigenvalue weighted by Gasteiger charge is 2.30. The number of para-hydroxylation sites is 1. The van der Waals surface area contributed by atoms with Crippen molar-refractivity contribution in [1.82, 2.24) is 5.32 Å². The van der Waals surface area contributed by atoms with E-state index in [-0.39, 0.29) is 0 Å². The molecule has 1 aromatic rings. The molecule has 1 N–H and O–H groups in total. The van der Waals surface area contributed by atoms with Gasteiger partial charge >= 0.3 is 0 Å². The first-order valence-corrected chi connectivity index (χ1v) is 7.88. The molecule has 1 heterocycles. The van der Waals surface area contributed by atoms with Crippen LogP contribution >= 0.6 is 0 Å². The molecule has 0 aromatic heterocycles. The fraction of sp³-hybridized carbons (Fsp3) is 0.647. The third-order valence-electron chi connectivity index (χ3n) is 4.57. The Labute approximate surface area is 116 Å². The van der Waals surface area contributed by atoms with E-state index in [9.17, 15) is 0 Å². The number of rotatable bonds is 4. The lowest BCUT2D eigenvalue weighted by Crippen LogP contribution is -2.37. The van der Waals surface area contributed by atoms with Crippen molar-refractivity contribution < 1.29 is 4.74 Å². The summed E-state index contributed by atoms with van der Waals surface area (Å²) in [5, 5.41) is 3.76. The van der Waals surface area contributed by atoms with Crippen molar-refractivity contribution in [2.24, 2.45) is 0 Å². The van der Waals surface area contributed by atoms with Gasteiger partial charge < -0.3 is 10.1 Å². The molecule has 0 saturated heterocycles. The zero-order chi connectivity index (χ0) is 13.1. The zero-order valence-electron chi connectivity index (χ0n) is 12.0. The smallest absolute Gasteiger partial charge is 0.126 e. The van der Waals surface area contributed by atoms with Crippen LogP contribution in [0.25, 0.3) is 0 Å². The number of ether oxygens (including phenoxy) is 1. The molecule has 1 aliphatic heterocycles. The second-order valence-electron chi connectivity index (χ2n) is 5.89. The van der Waals surface area contributed by atoms with Crippen LogP contribution in [0.15, 0.2) is 18.2 Å². The molecule has 2 aliphatic rings. The molecule has 2 unspecified atom stereocenters. The monoisotopic (exact) mass is 259 g/mol. The number of nitrogens with one attached hydrogen (secondary N) is 1. The molecule has 1 aliphatic carbocycles. The summed E-state index contributed by atoms with van der Waals surface area (Å²) in [6.07, 6.45) is 7.65. The van der Waals surface area contributed by atoms with Crippen LogP contribution in [-0.4, -0.2) is 19.2 Å². The number of benzene rings is 1. The lowest BCUT2D eigenvalue weighted by Gasteiger charge is -2.33. The van der Waals surface area contributed by atoms with Crippen molar-refractivity contribution in [2.75, 3.05) is 13.2 Å². The zero-order valence-corrected chi connectivity index (χ0v) is 12.0. The topological polar surface area (TPSA) is 21.3 Å². The third-order valence-corrected chi connectivity index (χ3v) is 4.57. The summed E-state index contributed by atoms with van der Waals surface area (Å²) >= 11 is 0. The predicted octanol–water partition coefficient (Wildman–Crippen LogP) is 3.65. The van der Waals surface area contributed by atoms with E-state index in [1.54, 1.807) is 0 Å². The number of hydrogen-bond acceptors (Lipinski definition) is 2. The van der Waals surface area contributed by atoms with Gasteiger partial charge in [0.2, 0.25) is 0 Å². The van der Waals surface area contributed by atoms with Crippen LogP contribution in [-0.2, 0) is 6.42 Å². The van der Waals surface area contributed by atoms with E-state index >= 15 is 0 Å². The highest BCUT2D eigenvalue weighted by atomic mass is 16.5. The minimum absolute atomic E-state index is 0.643. The van der Waals surface area contributed by atoms with Gasteiger partial charge in [-0.1, -0.05) is 38.0 Å². The van der Waals surface area contributed by atoms with Crippen molar-refractivity contribution in [3.63, 3.8) is 0 Å². The summed E-state index contributed by atoms with van der Waals surface area (Å²) in [5.41, 5.74) is 2.88. The quantitative estimate of drug-likeness (QED) is 0.891. The first kappa shape index (κ1) is 13.0. The fourth-order valence-electron chi connectivity index (χ4n) is 3.61. The van der Waals surface area contributed by atoms with Gasteiger partial charge in [-0.2, -0.15) is 0 Å². The van der Waals surface area contributed by atoms with Gasteiger partial charge in [0.25, 0.3) is 0 Å². The summed E-state index contributed by atoms with van der Waals surface area (Å²) in [6.45, 7) is 4.25. The second kappa shape index (κ2) is 5.96. The maximum absolute atomic E-state index is 5.91. The predicted molar refractivity (Wildman–Crippen MR) is 78.9 cm³/mol. The van der Waals surface area contributed by atoms with Gasteiger partial charge in [-0.15, -0.1) is 0 Å². The van der Waals surface area contributed by atoms with E-state index in [4.69, 9.17) is 4.74 Å². The lowest BCUT2D eigenvalue weighted by atomic mass is 9.79. The molecule has 2 atom stereocenters. The molecule has 0 amide bonds. The Bertz CT molecular complexity index is 429. The molecule has 1 fully saturated rings. The van der Waals surface area contributed by atoms with E-state index in [1.807, 2.05) is 0 Å². The standard InChI is InChI=1S/C17H25NO/c1-2-11-18-16-9-4-3-7-14(16)15-8-5-6-13-10-12-19-17(13)15/h5-6,8,14,16,18H,2-4,7,9-12H2,1H3. The SMILES string of the molecule is CCCNC1CCCCC1c1cccc2c1OCC2. The van der Waals surface area contributed by atoms with E-state index in [0.29, 0.717) is 12.0 Å². The molecule has 1 aromatic carbocycles. The van der Waals surface area contributed by atoms with Crippen LogP contribution in [0.5, 0.6) is 5.75 Å². The van der Waals surface area contributed by atoms with Crippen molar-refractivity contribution in [1.29, 1.82) is 0 Å². The maximum atomic E-state index is 5.91. The number of fused-ring (bicyclic) bond motifs is 1. The Morgan fingerprint density at radius 3 is 3.05 bits per heavy atom. The molecule has 3 rings (SSSR count). The minimum atomic E-state index is 0.643. The fourth-order valence-corrected chi connectivity index (χ4v) is 3.61. The van der Waals surface area contributed by atoms with Gasteiger partial charge in [0.15, 0.2) is 0 Å². The Morgan fingerprint density at radius 2 is 2.16 bits per heavy atom. The van der Waals surface area contributed by atoms with E-state index in [0.717, 1.165) is 19.6 Å². The van der Waals surface area contributed by atoms with Gasteiger partial charge in [-0.3, -0.25) is 0 Å². The molecule has 1 saturated carbocycles. The Kier molecular flexibility index (Phi) is 4.07. The van der Waals surface area contributed by atoms with Gasteiger partial charge in [0.05, 0.1) is 6.61 Å². The first-order valence-electron chi connectivity index (χ1n) is 7.88. The van der Waals surface area contributed by atoms with Crippen LogP contribution in [0.3, 0.4) is 0 Å². The molecule has 2 heteroatoms. The minimum Gasteiger partial charge on any atom is -0.493 e. The van der Waals surface area contributed by atoms with Crippen LogP contribution in [0.4, 0.5) is 0 Å². The summed E-state index contributed by atoms with van der Waals surface area (Å²) < 4.78 is 5.91. The van der Waals surface area contributed by atoms with Crippen LogP contribution in [0, 0.1) is 0 Å². The molecule has 2 nitrogen and oxygen atoms in total. The Morgan fingerprint density at radius 1 is 1.26 bits per heavy atom. The lowest BCUT2D eigenvalue weighted by molar-refractivity contribution is 0.310. The van der Waals surface area contributed by atoms with Gasteiger partial charge in [-0.25, -0.2) is 0 Å². The Hall–Kier alpha value is -1.02. The van der Waals surface area contributed by atoms with Crippen LogP contribution in [0.1, 0.15) is 56.1 Å². The molecule has 0 radical (unpaired) electrons. The molecular weight excluding hydrogens is 234 g/mol. The van der Waals surface area contributed by atoms with Crippen molar-refractivity contribution in [3.05, 3.63) is 29.3 Å². The van der Waals surface area contributed by atoms with Crippen molar-refractivity contribution in [3.8, 4) is 5.75 Å². The highest BCUT2D eigenvalue weighted by molar-refractivity contribution is 5.46. The molecule has 19 heavy (non-hydrogen) atoms. The normalized spacial score (nSPS) is 25.9. The third kappa shape index (κ3) is 2.64. The van der Waals surface area contributed by atoms with Gasteiger partial charge in [0.1, 0.15) is 5.75 Å². The largest absolute Gasteiger partial charge is 0.493 e. The molecule has 0 spiro atoms. The van der Waals surface area contributed by atoms with Gasteiger partial charge in [0, 0.05) is 18.4 Å². The van der Waals surface area contributed by atoms with Crippen molar-refractivity contribution in [2.45, 2.75) is 57.4 Å². The molecule has 0 bridgehead atoms. The van der Waals surface area contributed by atoms with Crippen LogP contribution < -0.4 is 10.1 Å². The average molecular weight is 259 g/mol. The summed E-state index contributed by atoms with van der Waals surface area (Å²) in [7, 11) is 0. The van der Waals surface area contributed by atoms with E-state index < -0.39 is 0 Å². The Balaban J connectivity index is 1.84. The van der Waals surface area contributed by atoms with Gasteiger partial charge in [-0.05, 0) is 36.9 Å². The second-order valence-corrected chi connectivity index (χ2v) is 5.89. The summed E-state index contributed by atoms with van der Waals surface area (Å²) in [5.74, 6) is 1.85. The van der Waals surface area contributed by atoms with Crippen LogP contribution in [0.2, 0.25) is 0 Å². The average Bonchev–Trinajstić information content (AvgIpc) is 2.94. The first-order chi connectivity index (χ1) is 9.40. The van der Waals surface area contributed by atoms with Crippen molar-refractivity contribution >= 4 is 0 Å². The van der Waals surface area contributed by atoms with E-state index in [1.165, 1.54) is 49.0 Å². The van der Waals surface area contributed by atoms with E-state index in [2.05, 4.69) is 30.4 Å². The number of hydrogen-bond donors (Lipinski definition) is 1. The summed E-state index contributed by atoms with van der Waals surface area (Å²) in [6, 6.07) is 7.38. The maximum Gasteiger partial charge on any atom is 0.126 e. The molecule has 104 valence electrons. The molecular formula is C17H25NO. The summed E-state index contributed by atoms with van der Waals surface area (Å²) in [4.78, 5) is 0. The highest BCUT2D eigenvalue weighted by Crippen LogP contribution is 2.41.